The van der Waals surface area contributed by atoms with E-state index >= 15 is 0 Å². The molecule has 1 aromatic carbocycles. The van der Waals surface area contributed by atoms with Gasteiger partial charge in [0.25, 0.3) is 0 Å². The van der Waals surface area contributed by atoms with Crippen molar-refractivity contribution < 1.29 is 9.59 Å². The molecule has 21 heavy (non-hydrogen) atoms. The van der Waals surface area contributed by atoms with E-state index in [0.717, 1.165) is 12.1 Å². The van der Waals surface area contributed by atoms with Gasteiger partial charge in [0.05, 0.1) is 0 Å². The van der Waals surface area contributed by atoms with Gasteiger partial charge in [0.1, 0.15) is 6.04 Å². The normalized spacial score (nSPS) is 11.9. The first-order valence-corrected chi connectivity index (χ1v) is 7.36. The number of hydrogen-bond acceptors (Lipinski definition) is 3. The fraction of sp³-hybridized carbons (Fsp3) is 0.500. The second kappa shape index (κ2) is 8.29. The van der Waals surface area contributed by atoms with Crippen LogP contribution in [0.1, 0.15) is 33.3 Å². The van der Waals surface area contributed by atoms with Gasteiger partial charge in [-0.2, -0.15) is 0 Å². The molecule has 116 valence electrons. The van der Waals surface area contributed by atoms with Crippen LogP contribution in [0.5, 0.6) is 0 Å². The zero-order chi connectivity index (χ0) is 15.8. The highest BCUT2D eigenvalue weighted by molar-refractivity contribution is 5.97. The Bertz CT molecular complexity index is 486. The Hall–Kier alpha value is -2.04. The van der Waals surface area contributed by atoms with Crippen LogP contribution in [0, 0.1) is 5.92 Å². The second-order valence-electron chi connectivity index (χ2n) is 5.51. The molecule has 0 heterocycles. The number of amides is 3. The van der Waals surface area contributed by atoms with Crippen molar-refractivity contribution in [3.05, 3.63) is 29.8 Å². The lowest BCUT2D eigenvalue weighted by molar-refractivity contribution is -0.120. The molecule has 3 N–H and O–H groups in total. The summed E-state index contributed by atoms with van der Waals surface area (Å²) in [6, 6.07) is 6.95. The van der Waals surface area contributed by atoms with Crippen LogP contribution < -0.4 is 16.0 Å². The van der Waals surface area contributed by atoms with Gasteiger partial charge < -0.3 is 10.6 Å². The Balaban J connectivity index is 2.48. The number of rotatable bonds is 6. The van der Waals surface area contributed by atoms with Crippen LogP contribution in [0.25, 0.3) is 0 Å². The molecular formula is C16H25N3O2. The molecule has 1 unspecified atom stereocenters. The average molecular weight is 291 g/mol. The highest BCUT2D eigenvalue weighted by Crippen LogP contribution is 2.12. The van der Waals surface area contributed by atoms with Gasteiger partial charge in [-0.1, -0.05) is 32.9 Å². The predicted octanol–water partition coefficient (Wildman–Crippen LogP) is 2.53. The average Bonchev–Trinajstić information content (AvgIpc) is 2.45. The van der Waals surface area contributed by atoms with E-state index in [1.165, 1.54) is 5.56 Å². The quantitative estimate of drug-likeness (QED) is 0.754. The number of aryl methyl sites for hydroxylation is 1. The first-order valence-electron chi connectivity index (χ1n) is 7.36. The zero-order valence-electron chi connectivity index (χ0n) is 13.2. The van der Waals surface area contributed by atoms with Gasteiger partial charge in [0.2, 0.25) is 5.91 Å². The lowest BCUT2D eigenvalue weighted by atomic mass is 10.1. The Morgan fingerprint density at radius 1 is 1.19 bits per heavy atom. The second-order valence-corrected chi connectivity index (χ2v) is 5.51. The summed E-state index contributed by atoms with van der Waals surface area (Å²) < 4.78 is 0. The third-order valence-electron chi connectivity index (χ3n) is 3.02. The van der Waals surface area contributed by atoms with Gasteiger partial charge >= 0.3 is 6.03 Å². The number of nitrogens with one attached hydrogen (secondary N) is 3. The molecule has 0 fully saturated rings. The van der Waals surface area contributed by atoms with E-state index in [1.54, 1.807) is 6.92 Å². The van der Waals surface area contributed by atoms with Crippen LogP contribution in [0.15, 0.2) is 24.3 Å². The highest BCUT2D eigenvalue weighted by Gasteiger charge is 2.15. The number of imide groups is 1. The van der Waals surface area contributed by atoms with E-state index in [4.69, 9.17) is 0 Å². The Morgan fingerprint density at radius 2 is 1.90 bits per heavy atom. The van der Waals surface area contributed by atoms with Crippen molar-refractivity contribution in [3.8, 4) is 0 Å². The van der Waals surface area contributed by atoms with Gasteiger partial charge in [-0.3, -0.25) is 10.1 Å². The first-order chi connectivity index (χ1) is 9.92. The van der Waals surface area contributed by atoms with Crippen LogP contribution in [0.3, 0.4) is 0 Å². The fourth-order valence-corrected chi connectivity index (χ4v) is 1.76. The molecule has 0 saturated heterocycles. The Labute approximate surface area is 126 Å². The lowest BCUT2D eigenvalue weighted by Gasteiger charge is -2.16. The summed E-state index contributed by atoms with van der Waals surface area (Å²) >= 11 is 0. The molecule has 0 aliphatic carbocycles. The van der Waals surface area contributed by atoms with Crippen molar-refractivity contribution in [1.82, 2.24) is 10.6 Å². The molecule has 3 amide bonds. The van der Waals surface area contributed by atoms with Gasteiger partial charge in [-0.25, -0.2) is 4.79 Å². The van der Waals surface area contributed by atoms with E-state index in [0.29, 0.717) is 12.5 Å². The molecule has 0 spiro atoms. The molecule has 0 aromatic heterocycles. The molecule has 1 rings (SSSR count). The van der Waals surface area contributed by atoms with E-state index in [9.17, 15) is 9.59 Å². The zero-order valence-corrected chi connectivity index (χ0v) is 13.2. The maximum absolute atomic E-state index is 11.9. The molecule has 0 radical (unpaired) electrons. The van der Waals surface area contributed by atoms with E-state index < -0.39 is 12.1 Å². The van der Waals surface area contributed by atoms with Gasteiger partial charge in [-0.05, 0) is 37.0 Å². The number of urea groups is 1. The van der Waals surface area contributed by atoms with Crippen LogP contribution in [0.2, 0.25) is 0 Å². The van der Waals surface area contributed by atoms with E-state index in [2.05, 4.69) is 22.9 Å². The molecule has 1 atom stereocenters. The minimum atomic E-state index is -0.484. The summed E-state index contributed by atoms with van der Waals surface area (Å²) in [5, 5.41) is 8.08. The smallest absolute Gasteiger partial charge is 0.321 e. The largest absolute Gasteiger partial charge is 0.374 e. The summed E-state index contributed by atoms with van der Waals surface area (Å²) in [6.07, 6.45) is 0.938. The monoisotopic (exact) mass is 291 g/mol. The highest BCUT2D eigenvalue weighted by atomic mass is 16.2. The summed E-state index contributed by atoms with van der Waals surface area (Å²) in [5.74, 6) is -0.00339. The topological polar surface area (TPSA) is 70.2 Å². The van der Waals surface area contributed by atoms with Crippen molar-refractivity contribution in [1.29, 1.82) is 0 Å². The van der Waals surface area contributed by atoms with Crippen molar-refractivity contribution >= 4 is 17.6 Å². The molecule has 5 nitrogen and oxygen atoms in total. The minimum Gasteiger partial charge on any atom is -0.374 e. The van der Waals surface area contributed by atoms with E-state index in [1.807, 2.05) is 38.1 Å². The first kappa shape index (κ1) is 17.0. The van der Waals surface area contributed by atoms with Crippen molar-refractivity contribution in [2.45, 2.75) is 40.2 Å². The third kappa shape index (κ3) is 6.29. The molecular weight excluding hydrogens is 266 g/mol. The lowest BCUT2D eigenvalue weighted by Crippen LogP contribution is -2.46. The fourth-order valence-electron chi connectivity index (χ4n) is 1.76. The molecule has 5 heteroatoms. The maximum Gasteiger partial charge on any atom is 0.321 e. The van der Waals surface area contributed by atoms with Crippen LogP contribution in [0.4, 0.5) is 10.5 Å². The standard InChI is InChI=1S/C16H25N3O2/c1-5-13-7-6-8-14(9-13)18-12(4)15(20)19-16(21)17-10-11(2)3/h6-9,11-12,18H,5,10H2,1-4H3,(H2,17,19,20,21). The van der Waals surface area contributed by atoms with Gasteiger partial charge in [-0.15, -0.1) is 0 Å². The summed E-state index contributed by atoms with van der Waals surface area (Å²) in [5.41, 5.74) is 2.07. The van der Waals surface area contributed by atoms with Crippen molar-refractivity contribution in [2.24, 2.45) is 5.92 Å². The molecule has 0 bridgehead atoms. The van der Waals surface area contributed by atoms with Crippen LogP contribution in [-0.2, 0) is 11.2 Å². The number of carbonyl (C=O) groups is 2. The Morgan fingerprint density at radius 3 is 2.52 bits per heavy atom. The SMILES string of the molecule is CCc1cccc(NC(C)C(=O)NC(=O)NCC(C)C)c1. The van der Waals surface area contributed by atoms with Crippen LogP contribution in [-0.4, -0.2) is 24.5 Å². The maximum atomic E-state index is 11.9. The molecule has 0 saturated carbocycles. The van der Waals surface area contributed by atoms with Gasteiger partial charge in [0.15, 0.2) is 0 Å². The van der Waals surface area contributed by atoms with Crippen molar-refractivity contribution in [3.63, 3.8) is 0 Å². The number of benzene rings is 1. The Kier molecular flexibility index (Phi) is 6.72. The molecule has 1 aromatic rings. The number of anilines is 1. The third-order valence-corrected chi connectivity index (χ3v) is 3.02. The predicted molar refractivity (Wildman–Crippen MR) is 85.3 cm³/mol. The molecule has 0 aliphatic heterocycles. The summed E-state index contributed by atoms with van der Waals surface area (Å²) in [4.78, 5) is 23.5. The minimum absolute atomic E-state index is 0.346. The van der Waals surface area contributed by atoms with Crippen molar-refractivity contribution in [2.75, 3.05) is 11.9 Å². The molecule has 0 aliphatic rings. The van der Waals surface area contributed by atoms with Crippen LogP contribution >= 0.6 is 0 Å². The number of hydrogen-bond donors (Lipinski definition) is 3. The summed E-state index contributed by atoms with van der Waals surface area (Å²) in [7, 11) is 0. The van der Waals surface area contributed by atoms with Gasteiger partial charge in [0, 0.05) is 12.2 Å². The summed E-state index contributed by atoms with van der Waals surface area (Å²) in [6.45, 7) is 8.33. The number of carbonyl (C=O) groups excluding carboxylic acids is 2. The van der Waals surface area contributed by atoms with E-state index in [-0.39, 0.29) is 5.91 Å².